The first-order chi connectivity index (χ1) is 7.16. The van der Waals surface area contributed by atoms with Crippen molar-refractivity contribution in [3.8, 4) is 0 Å². The lowest BCUT2D eigenvalue weighted by atomic mass is 9.51. The normalized spacial score (nSPS) is 30.0. The van der Waals surface area contributed by atoms with E-state index in [0.717, 1.165) is 12.3 Å². The van der Waals surface area contributed by atoms with Crippen molar-refractivity contribution in [2.45, 2.75) is 40.5 Å². The van der Waals surface area contributed by atoms with Crippen LogP contribution in [0.3, 0.4) is 0 Å². The molecule has 0 aliphatic heterocycles. The first-order valence-electron chi connectivity index (χ1n) is 5.57. The molecular weight excluding hydrogens is 206 g/mol. The van der Waals surface area contributed by atoms with Crippen LogP contribution in [0.2, 0.25) is 0 Å². The second kappa shape index (κ2) is 4.95. The lowest BCUT2D eigenvalue weighted by molar-refractivity contribution is 0.000308. The number of azide groups is 1. The maximum atomic E-state index is 8.24. The summed E-state index contributed by atoms with van der Waals surface area (Å²) in [5, 5.41) is 0. The third kappa shape index (κ3) is 2.16. The molecule has 2 atom stereocenters. The smallest absolute Gasteiger partial charge is 0.0112 e. The molecule has 1 saturated carbocycles. The maximum Gasteiger partial charge on any atom is 0.0112 e. The molecule has 0 spiro atoms. The first kappa shape index (κ1) is 12.5. The van der Waals surface area contributed by atoms with E-state index in [2.05, 4.69) is 29.4 Å². The second-order valence-corrected chi connectivity index (χ2v) is 5.23. The molecule has 84 valence electrons. The molecule has 2 bridgehead atoms. The molecule has 2 unspecified atom stereocenters. The molecule has 3 aliphatic rings. The summed E-state index contributed by atoms with van der Waals surface area (Å²) in [4.78, 5) is 4.06. The summed E-state index contributed by atoms with van der Waals surface area (Å²) in [6, 6.07) is 0. The Bertz CT molecular complexity index is 303. The molecule has 0 aromatic heterocycles. The van der Waals surface area contributed by atoms with Crippen molar-refractivity contribution >= 4 is 11.9 Å². The van der Waals surface area contributed by atoms with Crippen molar-refractivity contribution in [2.75, 3.05) is 0 Å². The number of hydrogen-bond donors (Lipinski definition) is 0. The van der Waals surface area contributed by atoms with E-state index < -0.39 is 0 Å². The Hall–Kier alpha value is -0.600. The molecule has 0 radical (unpaired) electrons. The second-order valence-electron chi connectivity index (χ2n) is 4.41. The molecule has 3 rings (SSSR count). The van der Waals surface area contributed by atoms with Crippen molar-refractivity contribution in [3.63, 3.8) is 0 Å². The van der Waals surface area contributed by atoms with Crippen LogP contribution in [-0.4, -0.2) is 0 Å². The van der Waals surface area contributed by atoms with Gasteiger partial charge in [0.05, 0.1) is 0 Å². The van der Waals surface area contributed by atoms with Crippen molar-refractivity contribution in [1.29, 1.82) is 0 Å². The molecule has 0 amide bonds. The lowest BCUT2D eigenvalue weighted by Crippen LogP contribution is -2.47. The zero-order valence-electron chi connectivity index (χ0n) is 9.90. The van der Waals surface area contributed by atoms with Gasteiger partial charge in [-0.15, -0.1) is 0 Å². The van der Waals surface area contributed by atoms with Gasteiger partial charge in [0.15, 0.2) is 0 Å². The zero-order valence-corrected chi connectivity index (χ0v) is 10.7. The Morgan fingerprint density at radius 2 is 2.20 bits per heavy atom. The average Bonchev–Trinajstić information content (AvgIpc) is 2.29. The van der Waals surface area contributed by atoms with Gasteiger partial charge in [0.25, 0.3) is 0 Å². The van der Waals surface area contributed by atoms with E-state index in [9.17, 15) is 0 Å². The lowest BCUT2D eigenvalue weighted by Gasteiger charge is -2.55. The summed E-state index contributed by atoms with van der Waals surface area (Å²) in [5.41, 5.74) is 8.67. The molecule has 0 aromatic carbocycles. The minimum Gasteiger partial charge on any atom is -0.0741 e. The van der Waals surface area contributed by atoms with Gasteiger partial charge in [0.2, 0.25) is 0 Å². The quantitative estimate of drug-likeness (QED) is 0.285. The Kier molecular flexibility index (Phi) is 4.12. The van der Waals surface area contributed by atoms with Crippen LogP contribution in [0.4, 0.5) is 0 Å². The summed E-state index contributed by atoms with van der Waals surface area (Å²) >= 11 is 1.32. The van der Waals surface area contributed by atoms with Crippen LogP contribution in [0.15, 0.2) is 15.5 Å². The van der Waals surface area contributed by atoms with Crippen LogP contribution >= 0.6 is 11.9 Å². The van der Waals surface area contributed by atoms with Crippen LogP contribution in [0.5, 0.6) is 0 Å². The third-order valence-electron chi connectivity index (χ3n) is 3.60. The van der Waals surface area contributed by atoms with Gasteiger partial charge in [-0.2, -0.15) is 0 Å². The summed E-state index contributed by atoms with van der Waals surface area (Å²) in [7, 11) is 0. The van der Waals surface area contributed by atoms with E-state index in [4.69, 9.17) is 5.53 Å². The van der Waals surface area contributed by atoms with Crippen LogP contribution in [0, 0.1) is 17.3 Å². The molecule has 0 heterocycles. The van der Waals surface area contributed by atoms with E-state index in [1.807, 2.05) is 13.8 Å². The first-order valence-corrected chi connectivity index (χ1v) is 6.35. The van der Waals surface area contributed by atoms with Crippen molar-refractivity contribution in [2.24, 2.45) is 21.8 Å². The number of rotatable bonds is 2. The summed E-state index contributed by atoms with van der Waals surface area (Å²) in [5.74, 6) is 1.50. The van der Waals surface area contributed by atoms with E-state index >= 15 is 0 Å². The molecule has 4 heteroatoms. The fourth-order valence-corrected chi connectivity index (χ4v) is 3.29. The van der Waals surface area contributed by atoms with Gasteiger partial charge in [-0.1, -0.05) is 33.8 Å². The fraction of sp³-hybridized carbons (Fsp3) is 0.818. The number of hydrogen-bond acceptors (Lipinski definition) is 2. The van der Waals surface area contributed by atoms with E-state index in [1.54, 1.807) is 0 Å². The number of fused-ring (bicyclic) bond motifs is 1. The summed E-state index contributed by atoms with van der Waals surface area (Å²) in [6.45, 7) is 8.63. The van der Waals surface area contributed by atoms with Gasteiger partial charge in [-0.05, 0) is 57.0 Å². The molecule has 3 nitrogen and oxygen atoms in total. The minimum atomic E-state index is 0.433. The van der Waals surface area contributed by atoms with Crippen LogP contribution in [-0.2, 0) is 0 Å². The average molecular weight is 225 g/mol. The van der Waals surface area contributed by atoms with Crippen molar-refractivity contribution < 1.29 is 0 Å². The molecule has 15 heavy (non-hydrogen) atoms. The third-order valence-corrected chi connectivity index (χ3v) is 4.42. The monoisotopic (exact) mass is 225 g/mol. The predicted octanol–water partition coefficient (Wildman–Crippen LogP) is 4.92. The zero-order chi connectivity index (χ0) is 11.5. The maximum absolute atomic E-state index is 8.24. The van der Waals surface area contributed by atoms with Gasteiger partial charge in [-0.3, -0.25) is 0 Å². The fourth-order valence-electron chi connectivity index (χ4n) is 2.47. The Balaban J connectivity index is 0.000000531. The highest BCUT2D eigenvalue weighted by Crippen LogP contribution is 2.61. The predicted molar refractivity (Wildman–Crippen MR) is 66.2 cm³/mol. The minimum absolute atomic E-state index is 0.433. The van der Waals surface area contributed by atoms with Crippen molar-refractivity contribution in [1.82, 2.24) is 0 Å². The molecule has 1 fully saturated rings. The van der Waals surface area contributed by atoms with Gasteiger partial charge in [0.1, 0.15) is 0 Å². The van der Waals surface area contributed by atoms with Gasteiger partial charge in [0, 0.05) is 4.91 Å². The highest BCUT2D eigenvalue weighted by molar-refractivity contribution is 8.01. The van der Waals surface area contributed by atoms with Crippen LogP contribution in [0.25, 0.3) is 10.4 Å². The Morgan fingerprint density at radius 3 is 2.67 bits per heavy atom. The molecule has 0 saturated heterocycles. The topological polar surface area (TPSA) is 48.8 Å². The highest BCUT2D eigenvalue weighted by Gasteiger charge is 2.51. The Labute approximate surface area is 96.1 Å². The van der Waals surface area contributed by atoms with E-state index in [1.165, 1.54) is 23.3 Å². The van der Waals surface area contributed by atoms with Crippen LogP contribution in [0.1, 0.15) is 40.5 Å². The standard InChI is InChI=1S/C9H13N3S.C2H6/c1-9(2)6-3-4-8(7(9)5-6)13-12-11-10;1-2/h4,6-7H,3,5H2,1-2H3;1-2H3. The molecular formula is C11H19N3S. The number of nitrogens with zero attached hydrogens (tertiary/aromatic N) is 3. The van der Waals surface area contributed by atoms with Gasteiger partial charge < -0.3 is 0 Å². The number of allylic oxidation sites excluding steroid dienone is 2. The van der Waals surface area contributed by atoms with E-state index in [-0.39, 0.29) is 0 Å². The van der Waals surface area contributed by atoms with Gasteiger partial charge in [-0.25, -0.2) is 0 Å². The van der Waals surface area contributed by atoms with E-state index in [0.29, 0.717) is 11.3 Å². The van der Waals surface area contributed by atoms with Crippen LogP contribution < -0.4 is 0 Å². The summed E-state index contributed by atoms with van der Waals surface area (Å²) < 4.78 is 3.56. The highest BCUT2D eigenvalue weighted by atomic mass is 32.2. The largest absolute Gasteiger partial charge is 0.0741 e. The molecule has 0 aromatic rings. The van der Waals surface area contributed by atoms with Gasteiger partial charge >= 0.3 is 0 Å². The SMILES string of the molecule is CC.CC1(C)C2CC=C(SN=[N+]=[N-])C1C2. The summed E-state index contributed by atoms with van der Waals surface area (Å²) in [6.07, 6.45) is 4.68. The van der Waals surface area contributed by atoms with Crippen molar-refractivity contribution in [3.05, 3.63) is 21.4 Å². The Morgan fingerprint density at radius 1 is 1.53 bits per heavy atom. The molecule has 0 N–H and O–H groups in total. The molecule has 3 aliphatic carbocycles.